The summed E-state index contributed by atoms with van der Waals surface area (Å²) in [5.74, 6) is 0.0259. The molecule has 8 heteroatoms. The lowest BCUT2D eigenvalue weighted by atomic mass is 9.94. The topological polar surface area (TPSA) is 76.2 Å². The van der Waals surface area contributed by atoms with E-state index >= 15 is 0 Å². The van der Waals surface area contributed by atoms with Crippen LogP contribution in [0.4, 0.5) is 0 Å². The Morgan fingerprint density at radius 1 is 0.889 bits per heavy atom. The van der Waals surface area contributed by atoms with Crippen LogP contribution in [-0.2, 0) is 16.1 Å². The summed E-state index contributed by atoms with van der Waals surface area (Å²) in [5, 5.41) is 3.05. The minimum Gasteiger partial charge on any atom is -0.352 e. The van der Waals surface area contributed by atoms with Crippen LogP contribution in [0.15, 0.2) is 24.3 Å². The Morgan fingerprint density at radius 3 is 2.39 bits per heavy atom. The molecule has 0 aromatic heterocycles. The zero-order valence-electron chi connectivity index (χ0n) is 21.5. The maximum atomic E-state index is 12.7. The van der Waals surface area contributed by atoms with Crippen molar-refractivity contribution < 1.29 is 14.4 Å². The van der Waals surface area contributed by atoms with Crippen LogP contribution in [0, 0.1) is 0 Å². The summed E-state index contributed by atoms with van der Waals surface area (Å²) in [6.45, 7) is 7.58. The first-order valence-corrected chi connectivity index (χ1v) is 14.0. The first-order valence-electron chi connectivity index (χ1n) is 14.0. The summed E-state index contributed by atoms with van der Waals surface area (Å²) in [5.41, 5.74) is 1.56. The quantitative estimate of drug-likeness (QED) is 0.559. The second-order valence-corrected chi connectivity index (χ2v) is 10.9. The Morgan fingerprint density at radius 2 is 1.64 bits per heavy atom. The molecule has 1 aliphatic carbocycles. The van der Waals surface area contributed by atoms with Gasteiger partial charge in [0.2, 0.25) is 11.8 Å². The van der Waals surface area contributed by atoms with E-state index in [2.05, 4.69) is 15.1 Å². The SMILES string of the molecule is O=C(NCCCN1CCN(C2CCCCC2)CC1)c1ccc(CN2CC(=O)N3CCC[C@@H]3C2=O)cc1. The highest BCUT2D eigenvalue weighted by Gasteiger charge is 2.41. The molecule has 1 aromatic rings. The molecule has 196 valence electrons. The predicted molar refractivity (Wildman–Crippen MR) is 138 cm³/mol. The molecule has 5 rings (SSSR count). The number of carbonyl (C=O) groups excluding carboxylic acids is 3. The number of hydrogen-bond acceptors (Lipinski definition) is 5. The molecule has 1 atom stereocenters. The van der Waals surface area contributed by atoms with Crippen LogP contribution in [0.2, 0.25) is 0 Å². The average molecular weight is 496 g/mol. The largest absolute Gasteiger partial charge is 0.352 e. The van der Waals surface area contributed by atoms with Crippen molar-refractivity contribution in [2.45, 2.75) is 70.0 Å². The summed E-state index contributed by atoms with van der Waals surface area (Å²) in [6.07, 6.45) is 9.57. The molecule has 0 radical (unpaired) electrons. The third-order valence-electron chi connectivity index (χ3n) is 8.52. The van der Waals surface area contributed by atoms with Gasteiger partial charge in [-0.05, 0) is 56.3 Å². The van der Waals surface area contributed by atoms with Crippen molar-refractivity contribution in [2.75, 3.05) is 52.4 Å². The minimum absolute atomic E-state index is 0.0409. The van der Waals surface area contributed by atoms with E-state index < -0.39 is 0 Å². The zero-order valence-corrected chi connectivity index (χ0v) is 21.5. The third kappa shape index (κ3) is 5.92. The van der Waals surface area contributed by atoms with Crippen LogP contribution in [-0.4, -0.2) is 102 Å². The molecule has 4 aliphatic rings. The van der Waals surface area contributed by atoms with Crippen molar-refractivity contribution in [3.05, 3.63) is 35.4 Å². The second kappa shape index (κ2) is 11.7. The van der Waals surface area contributed by atoms with Crippen molar-refractivity contribution in [1.29, 1.82) is 0 Å². The smallest absolute Gasteiger partial charge is 0.251 e. The Labute approximate surface area is 215 Å². The van der Waals surface area contributed by atoms with Crippen LogP contribution in [0.5, 0.6) is 0 Å². The van der Waals surface area contributed by atoms with Crippen molar-refractivity contribution in [3.8, 4) is 0 Å². The van der Waals surface area contributed by atoms with Crippen LogP contribution in [0.1, 0.15) is 67.3 Å². The molecule has 3 heterocycles. The highest BCUT2D eigenvalue weighted by molar-refractivity contribution is 5.95. The highest BCUT2D eigenvalue weighted by atomic mass is 16.2. The van der Waals surface area contributed by atoms with E-state index in [0.717, 1.165) is 50.5 Å². The van der Waals surface area contributed by atoms with Gasteiger partial charge in [-0.2, -0.15) is 0 Å². The third-order valence-corrected chi connectivity index (χ3v) is 8.52. The number of piperazine rings is 2. The molecular weight excluding hydrogens is 454 g/mol. The molecule has 8 nitrogen and oxygen atoms in total. The first-order chi connectivity index (χ1) is 17.6. The van der Waals surface area contributed by atoms with Crippen molar-refractivity contribution >= 4 is 17.7 Å². The number of benzene rings is 1. The van der Waals surface area contributed by atoms with Gasteiger partial charge in [0.25, 0.3) is 5.91 Å². The fourth-order valence-corrected chi connectivity index (χ4v) is 6.39. The molecule has 3 saturated heterocycles. The fourth-order valence-electron chi connectivity index (χ4n) is 6.39. The van der Waals surface area contributed by atoms with E-state index in [4.69, 9.17) is 0 Å². The Bertz CT molecular complexity index is 922. The number of amides is 3. The fraction of sp³-hybridized carbons (Fsp3) is 0.679. The maximum Gasteiger partial charge on any atom is 0.251 e. The van der Waals surface area contributed by atoms with Crippen LogP contribution in [0.3, 0.4) is 0 Å². The van der Waals surface area contributed by atoms with E-state index in [0.29, 0.717) is 25.2 Å². The number of nitrogens with zero attached hydrogens (tertiary/aromatic N) is 4. The summed E-state index contributed by atoms with van der Waals surface area (Å²) in [7, 11) is 0. The van der Waals surface area contributed by atoms with Crippen molar-refractivity contribution in [3.63, 3.8) is 0 Å². The number of nitrogens with one attached hydrogen (secondary N) is 1. The Kier molecular flexibility index (Phi) is 8.22. The van der Waals surface area contributed by atoms with Gasteiger partial charge in [0, 0.05) is 57.4 Å². The molecule has 4 fully saturated rings. The molecule has 3 aliphatic heterocycles. The van der Waals surface area contributed by atoms with E-state index in [1.807, 2.05) is 24.3 Å². The molecule has 0 unspecified atom stereocenters. The van der Waals surface area contributed by atoms with Crippen molar-refractivity contribution in [1.82, 2.24) is 24.9 Å². The lowest BCUT2D eigenvalue weighted by Crippen LogP contribution is -2.56. The van der Waals surface area contributed by atoms with Gasteiger partial charge in [-0.3, -0.25) is 19.3 Å². The lowest BCUT2D eigenvalue weighted by Gasteiger charge is -2.40. The molecule has 36 heavy (non-hydrogen) atoms. The maximum absolute atomic E-state index is 12.7. The summed E-state index contributed by atoms with van der Waals surface area (Å²) < 4.78 is 0. The number of rotatable bonds is 8. The number of fused-ring (bicyclic) bond motifs is 1. The Hall–Kier alpha value is -2.45. The van der Waals surface area contributed by atoms with Gasteiger partial charge in [-0.1, -0.05) is 31.4 Å². The van der Waals surface area contributed by atoms with E-state index in [1.54, 1.807) is 9.80 Å². The molecule has 1 N–H and O–H groups in total. The molecule has 3 amide bonds. The molecule has 0 spiro atoms. The molecule has 1 aromatic carbocycles. The molecule has 0 bridgehead atoms. The normalized spacial score (nSPS) is 24.3. The summed E-state index contributed by atoms with van der Waals surface area (Å²) in [6, 6.07) is 7.93. The second-order valence-electron chi connectivity index (χ2n) is 10.9. The van der Waals surface area contributed by atoms with Crippen LogP contribution >= 0.6 is 0 Å². The van der Waals surface area contributed by atoms with Gasteiger partial charge >= 0.3 is 0 Å². The molecule has 1 saturated carbocycles. The lowest BCUT2D eigenvalue weighted by molar-refractivity contribution is -0.154. The Balaban J connectivity index is 1.00. The standard InChI is InChI=1S/C28H41N5O3/c34-26-21-32(28(36)25-8-4-15-33(25)26)20-22-9-11-23(12-10-22)27(35)29-13-5-14-30-16-18-31(19-17-30)24-6-2-1-3-7-24/h9-12,24-25H,1-8,13-21H2,(H,29,35)/t25-/m1/s1. The minimum atomic E-state index is -0.280. The van der Waals surface area contributed by atoms with E-state index in [1.165, 1.54) is 45.2 Å². The first kappa shape index (κ1) is 25.2. The summed E-state index contributed by atoms with van der Waals surface area (Å²) >= 11 is 0. The zero-order chi connectivity index (χ0) is 24.9. The number of hydrogen-bond donors (Lipinski definition) is 1. The van der Waals surface area contributed by atoms with Gasteiger partial charge in [0.15, 0.2) is 0 Å². The number of carbonyl (C=O) groups is 3. The summed E-state index contributed by atoms with van der Waals surface area (Å²) in [4.78, 5) is 46.3. The van der Waals surface area contributed by atoms with Crippen LogP contribution in [0.25, 0.3) is 0 Å². The monoisotopic (exact) mass is 495 g/mol. The molecular formula is C28H41N5O3. The van der Waals surface area contributed by atoms with Crippen molar-refractivity contribution in [2.24, 2.45) is 0 Å². The predicted octanol–water partition coefficient (Wildman–Crippen LogP) is 2.09. The van der Waals surface area contributed by atoms with Gasteiger partial charge in [-0.25, -0.2) is 0 Å². The average Bonchev–Trinajstić information content (AvgIpc) is 3.42. The van der Waals surface area contributed by atoms with E-state index in [-0.39, 0.29) is 30.3 Å². The van der Waals surface area contributed by atoms with Gasteiger partial charge in [0.1, 0.15) is 12.6 Å². The van der Waals surface area contributed by atoms with Gasteiger partial charge in [-0.15, -0.1) is 0 Å². The van der Waals surface area contributed by atoms with Gasteiger partial charge in [0.05, 0.1) is 0 Å². The van der Waals surface area contributed by atoms with E-state index in [9.17, 15) is 14.4 Å². The van der Waals surface area contributed by atoms with Crippen LogP contribution < -0.4 is 5.32 Å². The highest BCUT2D eigenvalue weighted by Crippen LogP contribution is 2.25. The van der Waals surface area contributed by atoms with Gasteiger partial charge < -0.3 is 20.0 Å².